The molecule has 1 aliphatic rings. The largest absolute Gasteiger partial charge is 0.507 e. The predicted octanol–water partition coefficient (Wildman–Crippen LogP) is 5.27. The second-order valence-corrected chi connectivity index (χ2v) is 7.84. The first-order valence-corrected chi connectivity index (χ1v) is 10.5. The van der Waals surface area contributed by atoms with Crippen LogP contribution in [0.4, 0.5) is 0 Å². The number of rotatable bonds is 7. The summed E-state index contributed by atoms with van der Waals surface area (Å²) >= 11 is 6.13. The van der Waals surface area contributed by atoms with Crippen molar-refractivity contribution < 1.29 is 19.4 Å². The Kier molecular flexibility index (Phi) is 6.83. The highest BCUT2D eigenvalue weighted by Gasteiger charge is 2.46. The molecule has 0 spiro atoms. The maximum atomic E-state index is 13.1. The average Bonchev–Trinajstić information content (AvgIpc) is 2.98. The maximum absolute atomic E-state index is 13.1. The van der Waals surface area contributed by atoms with Crippen molar-refractivity contribution in [3.63, 3.8) is 0 Å². The monoisotopic (exact) mass is 427 g/mol. The molecular weight excluding hydrogens is 402 g/mol. The lowest BCUT2D eigenvalue weighted by Gasteiger charge is -2.26. The van der Waals surface area contributed by atoms with E-state index in [1.165, 1.54) is 13.2 Å². The molecule has 6 heteroatoms. The molecule has 1 N–H and O–H groups in total. The number of carbonyl (C=O) groups excluding carboxylic acids is 2. The SMILES string of the molecule is CCCCCN1C(=O)C(=O)/C(=C(/O)c2cc(Cl)ccc2OC)C1c1ccccc1C. The van der Waals surface area contributed by atoms with Crippen LogP contribution in [0.15, 0.2) is 48.0 Å². The van der Waals surface area contributed by atoms with Crippen LogP contribution in [0.5, 0.6) is 5.75 Å². The molecule has 0 aromatic heterocycles. The number of hydrogen-bond acceptors (Lipinski definition) is 4. The molecule has 0 saturated carbocycles. The van der Waals surface area contributed by atoms with Crippen LogP contribution >= 0.6 is 11.6 Å². The molecule has 2 aromatic rings. The Hall–Kier alpha value is -2.79. The molecule has 1 amide bonds. The molecule has 0 bridgehead atoms. The van der Waals surface area contributed by atoms with Gasteiger partial charge in [0.1, 0.15) is 11.5 Å². The lowest BCUT2D eigenvalue weighted by Crippen LogP contribution is -2.31. The van der Waals surface area contributed by atoms with Crippen molar-refractivity contribution in [3.8, 4) is 5.75 Å². The van der Waals surface area contributed by atoms with Crippen LogP contribution in [0.1, 0.15) is 48.9 Å². The Morgan fingerprint density at radius 1 is 1.17 bits per heavy atom. The minimum Gasteiger partial charge on any atom is -0.507 e. The first-order chi connectivity index (χ1) is 14.4. The number of carbonyl (C=O) groups is 2. The third-order valence-corrected chi connectivity index (χ3v) is 5.68. The van der Waals surface area contributed by atoms with Gasteiger partial charge in [-0.15, -0.1) is 0 Å². The van der Waals surface area contributed by atoms with Gasteiger partial charge in [-0.05, 0) is 42.7 Å². The number of hydrogen-bond donors (Lipinski definition) is 1. The van der Waals surface area contributed by atoms with E-state index in [1.54, 1.807) is 17.0 Å². The molecule has 5 nitrogen and oxygen atoms in total. The van der Waals surface area contributed by atoms with Gasteiger partial charge in [0.25, 0.3) is 11.7 Å². The van der Waals surface area contributed by atoms with Gasteiger partial charge < -0.3 is 14.7 Å². The minimum absolute atomic E-state index is 0.0614. The van der Waals surface area contributed by atoms with Crippen molar-refractivity contribution in [1.82, 2.24) is 4.90 Å². The van der Waals surface area contributed by atoms with Crippen LogP contribution in [0, 0.1) is 6.92 Å². The lowest BCUT2D eigenvalue weighted by atomic mass is 9.92. The molecule has 1 heterocycles. The van der Waals surface area contributed by atoms with Gasteiger partial charge in [0.15, 0.2) is 0 Å². The molecule has 1 fully saturated rings. The van der Waals surface area contributed by atoms with Crippen molar-refractivity contribution in [2.24, 2.45) is 0 Å². The van der Waals surface area contributed by atoms with E-state index in [2.05, 4.69) is 6.92 Å². The normalized spacial score (nSPS) is 18.1. The van der Waals surface area contributed by atoms with Gasteiger partial charge >= 0.3 is 0 Å². The molecular formula is C24H26ClNO4. The summed E-state index contributed by atoms with van der Waals surface area (Å²) in [4.78, 5) is 27.6. The number of unbranched alkanes of at least 4 members (excludes halogenated alkanes) is 2. The molecule has 3 rings (SSSR count). The summed E-state index contributed by atoms with van der Waals surface area (Å²) in [5.41, 5.74) is 2.10. The van der Waals surface area contributed by atoms with E-state index in [0.717, 1.165) is 30.4 Å². The van der Waals surface area contributed by atoms with Gasteiger partial charge in [-0.2, -0.15) is 0 Å². The zero-order valence-corrected chi connectivity index (χ0v) is 18.2. The standard InChI is InChI=1S/C24H26ClNO4/c1-4-5-8-13-26-21(17-10-7-6-9-15(17)2)20(23(28)24(26)29)22(27)18-14-16(25)11-12-19(18)30-3/h6-7,9-12,14,21,27H,4-5,8,13H2,1-3H3/b22-20+. The number of aliphatic hydroxyl groups is 1. The highest BCUT2D eigenvalue weighted by Crippen LogP contribution is 2.42. The molecule has 1 unspecified atom stereocenters. The Balaban J connectivity index is 2.21. The fourth-order valence-corrected chi connectivity index (χ4v) is 4.04. The number of Topliss-reactive ketones (excluding diaryl/α,β-unsaturated/α-hetero) is 1. The van der Waals surface area contributed by atoms with Gasteiger partial charge in [0.2, 0.25) is 0 Å². The zero-order chi connectivity index (χ0) is 21.8. The van der Waals surface area contributed by atoms with E-state index < -0.39 is 17.7 Å². The first kappa shape index (κ1) is 21.9. The Morgan fingerprint density at radius 2 is 1.90 bits per heavy atom. The minimum atomic E-state index is -0.695. The summed E-state index contributed by atoms with van der Waals surface area (Å²) < 4.78 is 5.35. The van der Waals surface area contributed by atoms with E-state index in [1.807, 2.05) is 31.2 Å². The molecule has 2 aromatic carbocycles. The number of benzene rings is 2. The van der Waals surface area contributed by atoms with Crippen molar-refractivity contribution in [1.29, 1.82) is 0 Å². The first-order valence-electron chi connectivity index (χ1n) is 10.1. The second kappa shape index (κ2) is 9.35. The third-order valence-electron chi connectivity index (χ3n) is 5.44. The fourth-order valence-electron chi connectivity index (χ4n) is 3.87. The highest BCUT2D eigenvalue weighted by atomic mass is 35.5. The van der Waals surface area contributed by atoms with E-state index in [-0.39, 0.29) is 16.9 Å². The lowest BCUT2D eigenvalue weighted by molar-refractivity contribution is -0.139. The van der Waals surface area contributed by atoms with Crippen molar-refractivity contribution >= 4 is 29.1 Å². The number of nitrogens with zero attached hydrogens (tertiary/aromatic N) is 1. The maximum Gasteiger partial charge on any atom is 0.295 e. The summed E-state index contributed by atoms with van der Waals surface area (Å²) in [6.45, 7) is 4.46. The van der Waals surface area contributed by atoms with Gasteiger partial charge in [-0.25, -0.2) is 0 Å². The number of aliphatic hydroxyl groups excluding tert-OH is 1. The van der Waals surface area contributed by atoms with Crippen LogP contribution in [0.3, 0.4) is 0 Å². The van der Waals surface area contributed by atoms with Crippen LogP contribution in [-0.4, -0.2) is 35.4 Å². The van der Waals surface area contributed by atoms with Crippen molar-refractivity contribution in [2.45, 2.75) is 39.2 Å². The molecule has 1 aliphatic heterocycles. The number of aryl methyl sites for hydroxylation is 1. The Bertz CT molecular complexity index is 998. The summed E-state index contributed by atoms with van der Waals surface area (Å²) in [5, 5.41) is 11.6. The number of ether oxygens (including phenoxy) is 1. The van der Waals surface area contributed by atoms with E-state index in [9.17, 15) is 14.7 Å². The Labute approximate surface area is 181 Å². The summed E-state index contributed by atoms with van der Waals surface area (Å²) in [6.07, 6.45) is 2.73. The van der Waals surface area contributed by atoms with Crippen LogP contribution in [-0.2, 0) is 9.59 Å². The number of amides is 1. The smallest absolute Gasteiger partial charge is 0.295 e. The zero-order valence-electron chi connectivity index (χ0n) is 17.4. The summed E-state index contributed by atoms with van der Waals surface area (Å²) in [6, 6.07) is 11.7. The van der Waals surface area contributed by atoms with Crippen LogP contribution in [0.25, 0.3) is 5.76 Å². The van der Waals surface area contributed by atoms with Gasteiger partial charge in [-0.3, -0.25) is 9.59 Å². The number of halogens is 1. The quantitative estimate of drug-likeness (QED) is 0.283. The summed E-state index contributed by atoms with van der Waals surface area (Å²) in [5.74, 6) is -1.20. The van der Waals surface area contributed by atoms with Gasteiger partial charge in [0.05, 0.1) is 24.3 Å². The molecule has 0 aliphatic carbocycles. The molecule has 0 radical (unpaired) electrons. The third kappa shape index (κ3) is 4.08. The molecule has 1 atom stereocenters. The molecule has 1 saturated heterocycles. The molecule has 30 heavy (non-hydrogen) atoms. The molecule has 158 valence electrons. The predicted molar refractivity (Wildman–Crippen MR) is 118 cm³/mol. The number of ketones is 1. The van der Waals surface area contributed by atoms with E-state index >= 15 is 0 Å². The van der Waals surface area contributed by atoms with Gasteiger partial charge in [0, 0.05) is 11.6 Å². The number of methoxy groups -OCH3 is 1. The van der Waals surface area contributed by atoms with E-state index in [0.29, 0.717) is 17.3 Å². The average molecular weight is 428 g/mol. The highest BCUT2D eigenvalue weighted by molar-refractivity contribution is 6.46. The van der Waals surface area contributed by atoms with E-state index in [4.69, 9.17) is 16.3 Å². The van der Waals surface area contributed by atoms with Crippen LogP contribution in [0.2, 0.25) is 5.02 Å². The number of likely N-dealkylation sites (tertiary alicyclic amines) is 1. The van der Waals surface area contributed by atoms with Gasteiger partial charge in [-0.1, -0.05) is 55.6 Å². The fraction of sp³-hybridized carbons (Fsp3) is 0.333. The van der Waals surface area contributed by atoms with Crippen molar-refractivity contribution in [3.05, 3.63) is 69.8 Å². The Morgan fingerprint density at radius 3 is 2.57 bits per heavy atom. The van der Waals surface area contributed by atoms with Crippen LogP contribution < -0.4 is 4.74 Å². The summed E-state index contributed by atoms with van der Waals surface area (Å²) in [7, 11) is 1.47. The van der Waals surface area contributed by atoms with Crippen molar-refractivity contribution in [2.75, 3.05) is 13.7 Å². The second-order valence-electron chi connectivity index (χ2n) is 7.40. The topological polar surface area (TPSA) is 66.8 Å².